The molecule has 4 amide bonds. The molecule has 1 aromatic carbocycles. The summed E-state index contributed by atoms with van der Waals surface area (Å²) in [5.74, 6) is -1.50. The number of benzene rings is 1. The van der Waals surface area contributed by atoms with Crippen molar-refractivity contribution in [2.24, 2.45) is 5.73 Å². The summed E-state index contributed by atoms with van der Waals surface area (Å²) in [6.07, 6.45) is 0.690. The molecule has 0 fully saturated rings. The number of carbonyl (C=O) groups is 4. The first kappa shape index (κ1) is 28.7. The first-order chi connectivity index (χ1) is 15.8. The van der Waals surface area contributed by atoms with Gasteiger partial charge in [0.15, 0.2) is 0 Å². The van der Waals surface area contributed by atoms with Crippen LogP contribution in [0.4, 0.5) is 4.79 Å². The zero-order valence-electron chi connectivity index (χ0n) is 21.0. The van der Waals surface area contributed by atoms with E-state index in [2.05, 4.69) is 17.2 Å². The van der Waals surface area contributed by atoms with Gasteiger partial charge in [-0.15, -0.1) is 0 Å². The van der Waals surface area contributed by atoms with Crippen molar-refractivity contribution in [3.05, 3.63) is 42.0 Å². The van der Waals surface area contributed by atoms with Crippen LogP contribution in [-0.4, -0.2) is 52.9 Å². The Labute approximate surface area is 202 Å². The molecule has 188 valence electrons. The zero-order chi connectivity index (χ0) is 26.1. The van der Waals surface area contributed by atoms with Gasteiger partial charge in [0.1, 0.15) is 17.7 Å². The van der Waals surface area contributed by atoms with Gasteiger partial charge in [-0.3, -0.25) is 14.4 Å². The summed E-state index contributed by atoms with van der Waals surface area (Å²) >= 11 is 0. The van der Waals surface area contributed by atoms with Gasteiger partial charge in [-0.1, -0.05) is 30.9 Å². The maximum atomic E-state index is 13.7. The van der Waals surface area contributed by atoms with Crippen LogP contribution in [0, 0.1) is 0 Å². The molecule has 0 aliphatic heterocycles. The summed E-state index contributed by atoms with van der Waals surface area (Å²) in [6, 6.07) is 4.93. The fourth-order valence-electron chi connectivity index (χ4n) is 3.35. The molecular formula is C25H38N4O5. The molecule has 4 N–H and O–H groups in total. The van der Waals surface area contributed by atoms with Crippen molar-refractivity contribution < 1.29 is 23.9 Å². The van der Waals surface area contributed by atoms with Crippen molar-refractivity contribution >= 4 is 29.9 Å². The van der Waals surface area contributed by atoms with Gasteiger partial charge < -0.3 is 26.0 Å². The summed E-state index contributed by atoms with van der Waals surface area (Å²) in [7, 11) is 0. The van der Waals surface area contributed by atoms with Gasteiger partial charge in [-0.25, -0.2) is 4.79 Å². The lowest BCUT2D eigenvalue weighted by Crippen LogP contribution is -2.53. The molecular weight excluding hydrogens is 436 g/mol. The number of amides is 4. The van der Waals surface area contributed by atoms with E-state index in [1.54, 1.807) is 52.0 Å². The highest BCUT2D eigenvalue weighted by Gasteiger charge is 2.35. The Morgan fingerprint density at radius 1 is 1.18 bits per heavy atom. The van der Waals surface area contributed by atoms with Gasteiger partial charge in [0.05, 0.1) is 0 Å². The topological polar surface area (TPSA) is 131 Å². The third-order valence-electron chi connectivity index (χ3n) is 4.75. The van der Waals surface area contributed by atoms with Crippen molar-refractivity contribution in [3.63, 3.8) is 0 Å². The molecule has 34 heavy (non-hydrogen) atoms. The Morgan fingerprint density at radius 2 is 1.82 bits per heavy atom. The second-order valence-corrected chi connectivity index (χ2v) is 9.27. The summed E-state index contributed by atoms with van der Waals surface area (Å²) in [5, 5.41) is 5.41. The molecule has 9 nitrogen and oxygen atoms in total. The lowest BCUT2D eigenvalue weighted by atomic mass is 9.99. The lowest BCUT2D eigenvalue weighted by Gasteiger charge is -2.34. The van der Waals surface area contributed by atoms with E-state index in [9.17, 15) is 19.2 Å². The zero-order valence-corrected chi connectivity index (χ0v) is 21.0. The summed E-state index contributed by atoms with van der Waals surface area (Å²) in [6.45, 7) is 14.4. The van der Waals surface area contributed by atoms with Gasteiger partial charge in [-0.05, 0) is 65.2 Å². The molecule has 2 atom stereocenters. The minimum absolute atomic E-state index is 0.0326. The van der Waals surface area contributed by atoms with Crippen LogP contribution in [0.5, 0.6) is 0 Å². The first-order valence-electron chi connectivity index (χ1n) is 11.4. The standard InChI is InChI=1S/C25H38N4O5/c1-8-17-11-10-12-18(15-17)21(22(31)27-16(3)4)29(9-2)23(32)19(13-14-20(26)30)28-24(33)34-25(5,6)7/h8,10-12,15-16,19,21H,1,9,13-14H2,2-7H3,(H2,26,30)(H,27,31)(H,28,33). The Bertz CT molecular complexity index is 892. The molecule has 0 saturated carbocycles. The van der Waals surface area contributed by atoms with E-state index in [1.807, 2.05) is 19.9 Å². The van der Waals surface area contributed by atoms with Crippen LogP contribution in [0.2, 0.25) is 0 Å². The fraction of sp³-hybridized carbons (Fsp3) is 0.520. The highest BCUT2D eigenvalue weighted by atomic mass is 16.6. The molecule has 0 aliphatic rings. The highest BCUT2D eigenvalue weighted by Crippen LogP contribution is 2.24. The van der Waals surface area contributed by atoms with Gasteiger partial charge in [0.25, 0.3) is 0 Å². The molecule has 0 saturated heterocycles. The van der Waals surface area contributed by atoms with Crippen LogP contribution in [0.1, 0.15) is 71.6 Å². The average molecular weight is 475 g/mol. The van der Waals surface area contributed by atoms with Crippen molar-refractivity contribution in [1.82, 2.24) is 15.5 Å². The van der Waals surface area contributed by atoms with E-state index in [4.69, 9.17) is 10.5 Å². The molecule has 0 bridgehead atoms. The van der Waals surface area contributed by atoms with Crippen molar-refractivity contribution in [1.29, 1.82) is 0 Å². The van der Waals surface area contributed by atoms with Crippen LogP contribution in [0.3, 0.4) is 0 Å². The van der Waals surface area contributed by atoms with Crippen molar-refractivity contribution in [2.75, 3.05) is 6.54 Å². The Balaban J connectivity index is 3.40. The third-order valence-corrected chi connectivity index (χ3v) is 4.75. The number of likely N-dealkylation sites (N-methyl/N-ethyl adjacent to an activating group) is 1. The van der Waals surface area contributed by atoms with Crippen LogP contribution >= 0.6 is 0 Å². The van der Waals surface area contributed by atoms with Gasteiger partial charge in [-0.2, -0.15) is 0 Å². The van der Waals surface area contributed by atoms with E-state index in [0.29, 0.717) is 5.56 Å². The van der Waals surface area contributed by atoms with Crippen molar-refractivity contribution in [3.8, 4) is 0 Å². The summed E-state index contributed by atoms with van der Waals surface area (Å²) < 4.78 is 5.29. The maximum absolute atomic E-state index is 13.7. The highest BCUT2D eigenvalue weighted by molar-refractivity contribution is 5.92. The first-order valence-corrected chi connectivity index (χ1v) is 11.4. The molecule has 9 heteroatoms. The SMILES string of the molecule is C=Cc1cccc(C(C(=O)NC(C)C)N(CC)C(=O)C(CCC(N)=O)NC(=O)OC(C)(C)C)c1. The number of carbonyl (C=O) groups excluding carboxylic acids is 4. The van der Waals surface area contributed by atoms with E-state index in [-0.39, 0.29) is 31.3 Å². The molecule has 1 aromatic rings. The normalized spacial score (nSPS) is 12.9. The second kappa shape index (κ2) is 12.8. The van der Waals surface area contributed by atoms with Crippen molar-refractivity contribution in [2.45, 2.75) is 78.1 Å². The van der Waals surface area contributed by atoms with E-state index >= 15 is 0 Å². The molecule has 0 heterocycles. The predicted molar refractivity (Wildman–Crippen MR) is 132 cm³/mol. The monoisotopic (exact) mass is 474 g/mol. The summed E-state index contributed by atoms with van der Waals surface area (Å²) in [5.41, 5.74) is 5.89. The average Bonchev–Trinajstić information content (AvgIpc) is 2.72. The Hall–Kier alpha value is -3.36. The van der Waals surface area contributed by atoms with E-state index < -0.39 is 35.6 Å². The lowest BCUT2D eigenvalue weighted by molar-refractivity contribution is -0.142. The van der Waals surface area contributed by atoms with Gasteiger partial charge in [0.2, 0.25) is 17.7 Å². The maximum Gasteiger partial charge on any atom is 0.408 e. The number of primary amides is 1. The molecule has 1 rings (SSSR count). The van der Waals surface area contributed by atoms with Crippen LogP contribution in [-0.2, 0) is 19.1 Å². The minimum Gasteiger partial charge on any atom is -0.444 e. The van der Waals surface area contributed by atoms with E-state index in [1.165, 1.54) is 4.90 Å². The van der Waals surface area contributed by atoms with Gasteiger partial charge in [0, 0.05) is 19.0 Å². The summed E-state index contributed by atoms with van der Waals surface area (Å²) in [4.78, 5) is 52.1. The Kier molecular flexibility index (Phi) is 10.8. The number of nitrogens with zero attached hydrogens (tertiary/aromatic N) is 1. The molecule has 0 aliphatic carbocycles. The number of ether oxygens (including phenoxy) is 1. The van der Waals surface area contributed by atoms with E-state index in [0.717, 1.165) is 5.56 Å². The number of hydrogen-bond acceptors (Lipinski definition) is 5. The number of alkyl carbamates (subject to hydrolysis) is 1. The van der Waals surface area contributed by atoms with Crippen LogP contribution < -0.4 is 16.4 Å². The quantitative estimate of drug-likeness (QED) is 0.454. The number of hydrogen-bond donors (Lipinski definition) is 3. The smallest absolute Gasteiger partial charge is 0.408 e. The molecule has 0 spiro atoms. The molecule has 0 radical (unpaired) electrons. The second-order valence-electron chi connectivity index (χ2n) is 9.27. The fourth-order valence-corrected chi connectivity index (χ4v) is 3.35. The van der Waals surface area contributed by atoms with Gasteiger partial charge >= 0.3 is 6.09 Å². The minimum atomic E-state index is -1.11. The molecule has 2 unspecified atom stereocenters. The Morgan fingerprint density at radius 3 is 2.32 bits per heavy atom. The largest absolute Gasteiger partial charge is 0.444 e. The number of rotatable bonds is 11. The van der Waals surface area contributed by atoms with Crippen LogP contribution in [0.25, 0.3) is 6.08 Å². The molecule has 0 aromatic heterocycles. The van der Waals surface area contributed by atoms with Crippen LogP contribution in [0.15, 0.2) is 30.8 Å². The number of nitrogens with two attached hydrogens (primary N) is 1. The third kappa shape index (κ3) is 9.25. The predicted octanol–water partition coefficient (Wildman–Crippen LogP) is 2.90. The number of nitrogens with one attached hydrogen (secondary N) is 2.